The van der Waals surface area contributed by atoms with E-state index in [2.05, 4.69) is 9.88 Å². The van der Waals surface area contributed by atoms with Crippen molar-refractivity contribution < 1.29 is 13.6 Å². The summed E-state index contributed by atoms with van der Waals surface area (Å²) in [6, 6.07) is 14.3. The van der Waals surface area contributed by atoms with Gasteiger partial charge in [0.2, 0.25) is 5.91 Å². The fourth-order valence-electron chi connectivity index (χ4n) is 3.38. The molecule has 2 aromatic carbocycles. The Kier molecular flexibility index (Phi) is 4.32. The van der Waals surface area contributed by atoms with Crippen LogP contribution in [0.5, 0.6) is 0 Å². The molecule has 0 unspecified atom stereocenters. The number of benzene rings is 2. The predicted molar refractivity (Wildman–Crippen MR) is 98.8 cm³/mol. The van der Waals surface area contributed by atoms with Crippen LogP contribution in [0.25, 0.3) is 11.1 Å². The van der Waals surface area contributed by atoms with Gasteiger partial charge in [-0.15, -0.1) is 0 Å². The van der Waals surface area contributed by atoms with E-state index in [1.807, 2.05) is 24.3 Å². The number of rotatable bonds is 3. The number of oxazole rings is 1. The van der Waals surface area contributed by atoms with Crippen molar-refractivity contribution in [3.8, 4) is 0 Å². The smallest absolute Gasteiger partial charge is 0.298 e. The Balaban J connectivity index is 1.41. The van der Waals surface area contributed by atoms with E-state index in [1.165, 1.54) is 12.1 Å². The molecule has 6 heteroatoms. The Hall–Kier alpha value is -2.89. The zero-order valence-corrected chi connectivity index (χ0v) is 14.6. The van der Waals surface area contributed by atoms with Gasteiger partial charge in [0.25, 0.3) is 6.01 Å². The Morgan fingerprint density at radius 3 is 2.54 bits per heavy atom. The van der Waals surface area contributed by atoms with Gasteiger partial charge in [0.05, 0.1) is 0 Å². The molecule has 0 atom stereocenters. The van der Waals surface area contributed by atoms with Crippen molar-refractivity contribution in [3.63, 3.8) is 0 Å². The van der Waals surface area contributed by atoms with Crippen molar-refractivity contribution in [2.75, 3.05) is 29.9 Å². The van der Waals surface area contributed by atoms with Crippen molar-refractivity contribution in [1.29, 1.82) is 0 Å². The van der Waals surface area contributed by atoms with Crippen molar-refractivity contribution >= 4 is 28.7 Å². The number of carbonyl (C=O) groups is 1. The van der Waals surface area contributed by atoms with E-state index in [0.717, 1.165) is 37.0 Å². The number of para-hydroxylation sites is 2. The molecule has 0 spiro atoms. The Bertz CT molecular complexity index is 881. The standard InChI is InChI=1S/C20H20FN3O2/c1-23(16-8-6-15(21)7-9-16)19(25)14-10-12-24(13-11-14)20-22-17-4-2-3-5-18(17)26-20/h2-9,14H,10-13H2,1H3. The third-order valence-corrected chi connectivity index (χ3v) is 4.94. The summed E-state index contributed by atoms with van der Waals surface area (Å²) in [5, 5.41) is 0. The molecule has 2 heterocycles. The van der Waals surface area contributed by atoms with Gasteiger partial charge in [-0.25, -0.2) is 4.39 Å². The van der Waals surface area contributed by atoms with Gasteiger partial charge in [-0.05, 0) is 49.2 Å². The lowest BCUT2D eigenvalue weighted by Gasteiger charge is -2.32. The van der Waals surface area contributed by atoms with Gasteiger partial charge in [-0.3, -0.25) is 4.79 Å². The molecule has 0 aliphatic carbocycles. The van der Waals surface area contributed by atoms with Gasteiger partial charge in [0.1, 0.15) is 11.3 Å². The largest absolute Gasteiger partial charge is 0.423 e. The zero-order valence-electron chi connectivity index (χ0n) is 14.6. The Morgan fingerprint density at radius 1 is 1.15 bits per heavy atom. The second-order valence-corrected chi connectivity index (χ2v) is 6.60. The minimum Gasteiger partial charge on any atom is -0.423 e. The predicted octanol–water partition coefficient (Wildman–Crippen LogP) is 3.85. The van der Waals surface area contributed by atoms with Crippen LogP contribution in [0.15, 0.2) is 52.9 Å². The minimum atomic E-state index is -0.304. The van der Waals surface area contributed by atoms with Gasteiger partial charge < -0.3 is 14.2 Å². The Morgan fingerprint density at radius 2 is 1.85 bits per heavy atom. The summed E-state index contributed by atoms with van der Waals surface area (Å²) in [6.07, 6.45) is 1.48. The number of aromatic nitrogens is 1. The van der Waals surface area contributed by atoms with Crippen LogP contribution in [-0.4, -0.2) is 31.0 Å². The van der Waals surface area contributed by atoms with Crippen LogP contribution in [0.3, 0.4) is 0 Å². The number of amides is 1. The van der Waals surface area contributed by atoms with Gasteiger partial charge in [0, 0.05) is 31.7 Å². The Labute approximate surface area is 151 Å². The lowest BCUT2D eigenvalue weighted by atomic mass is 9.95. The van der Waals surface area contributed by atoms with Crippen molar-refractivity contribution in [3.05, 3.63) is 54.3 Å². The number of anilines is 2. The summed E-state index contributed by atoms with van der Waals surface area (Å²) in [6.45, 7) is 1.45. The summed E-state index contributed by atoms with van der Waals surface area (Å²) >= 11 is 0. The van der Waals surface area contributed by atoms with Crippen molar-refractivity contribution in [2.24, 2.45) is 5.92 Å². The second kappa shape index (κ2) is 6.78. The van der Waals surface area contributed by atoms with Crippen LogP contribution >= 0.6 is 0 Å². The topological polar surface area (TPSA) is 49.6 Å². The number of fused-ring (bicyclic) bond motifs is 1. The monoisotopic (exact) mass is 353 g/mol. The molecular formula is C20H20FN3O2. The number of nitrogens with zero attached hydrogens (tertiary/aromatic N) is 3. The lowest BCUT2D eigenvalue weighted by molar-refractivity contribution is -0.122. The second-order valence-electron chi connectivity index (χ2n) is 6.60. The maximum atomic E-state index is 13.1. The average molecular weight is 353 g/mol. The van der Waals surface area contributed by atoms with Gasteiger partial charge >= 0.3 is 0 Å². The summed E-state index contributed by atoms with van der Waals surface area (Å²) in [5.74, 6) is -0.291. The first-order valence-electron chi connectivity index (χ1n) is 8.75. The molecule has 5 nitrogen and oxygen atoms in total. The first kappa shape index (κ1) is 16.6. The van der Waals surface area contributed by atoms with E-state index >= 15 is 0 Å². The highest BCUT2D eigenvalue weighted by Crippen LogP contribution is 2.28. The molecular weight excluding hydrogens is 333 g/mol. The zero-order chi connectivity index (χ0) is 18.1. The molecule has 1 fully saturated rings. The lowest BCUT2D eigenvalue weighted by Crippen LogP contribution is -2.41. The van der Waals surface area contributed by atoms with Crippen LogP contribution in [-0.2, 0) is 4.79 Å². The van der Waals surface area contributed by atoms with E-state index in [4.69, 9.17) is 4.42 Å². The molecule has 1 aromatic heterocycles. The van der Waals surface area contributed by atoms with E-state index < -0.39 is 0 Å². The molecule has 1 aliphatic rings. The third-order valence-electron chi connectivity index (χ3n) is 4.94. The molecule has 1 saturated heterocycles. The number of halogens is 1. The van der Waals surface area contributed by atoms with E-state index in [9.17, 15) is 9.18 Å². The van der Waals surface area contributed by atoms with Crippen LogP contribution in [0, 0.1) is 11.7 Å². The van der Waals surface area contributed by atoms with E-state index in [-0.39, 0.29) is 17.6 Å². The van der Waals surface area contributed by atoms with Crippen LogP contribution < -0.4 is 9.80 Å². The molecule has 3 aromatic rings. The van der Waals surface area contributed by atoms with Crippen molar-refractivity contribution in [2.45, 2.75) is 12.8 Å². The van der Waals surface area contributed by atoms with E-state index in [0.29, 0.717) is 11.7 Å². The molecule has 4 rings (SSSR count). The SMILES string of the molecule is CN(C(=O)C1CCN(c2nc3ccccc3o2)CC1)c1ccc(F)cc1. The molecule has 0 bridgehead atoms. The van der Waals surface area contributed by atoms with Crippen LogP contribution in [0.4, 0.5) is 16.1 Å². The highest BCUT2D eigenvalue weighted by atomic mass is 19.1. The van der Waals surface area contributed by atoms with Crippen LogP contribution in [0.2, 0.25) is 0 Å². The third kappa shape index (κ3) is 3.14. The minimum absolute atomic E-state index is 0.0503. The van der Waals surface area contributed by atoms with Gasteiger partial charge in [-0.2, -0.15) is 4.98 Å². The molecule has 1 amide bonds. The number of piperidine rings is 1. The fraction of sp³-hybridized carbons (Fsp3) is 0.300. The molecule has 0 N–H and O–H groups in total. The summed E-state index contributed by atoms with van der Waals surface area (Å²) in [5.41, 5.74) is 2.33. The maximum Gasteiger partial charge on any atom is 0.298 e. The fourth-order valence-corrected chi connectivity index (χ4v) is 3.38. The molecule has 26 heavy (non-hydrogen) atoms. The first-order valence-corrected chi connectivity index (χ1v) is 8.75. The van der Waals surface area contributed by atoms with Crippen molar-refractivity contribution in [1.82, 2.24) is 4.98 Å². The number of hydrogen-bond donors (Lipinski definition) is 0. The summed E-state index contributed by atoms with van der Waals surface area (Å²) < 4.78 is 18.9. The normalized spacial score (nSPS) is 15.4. The maximum absolute atomic E-state index is 13.1. The summed E-state index contributed by atoms with van der Waals surface area (Å²) in [7, 11) is 1.74. The first-order chi connectivity index (χ1) is 12.6. The number of hydrogen-bond acceptors (Lipinski definition) is 4. The van der Waals surface area contributed by atoms with Gasteiger partial charge in [0.15, 0.2) is 5.58 Å². The highest BCUT2D eigenvalue weighted by molar-refractivity contribution is 5.94. The molecule has 1 aliphatic heterocycles. The van der Waals surface area contributed by atoms with Gasteiger partial charge in [-0.1, -0.05) is 12.1 Å². The molecule has 0 saturated carbocycles. The quantitative estimate of drug-likeness (QED) is 0.718. The average Bonchev–Trinajstić information content (AvgIpc) is 3.12. The van der Waals surface area contributed by atoms with Crippen LogP contribution in [0.1, 0.15) is 12.8 Å². The number of carbonyl (C=O) groups excluding carboxylic acids is 1. The summed E-state index contributed by atoms with van der Waals surface area (Å²) in [4.78, 5) is 21.0. The highest BCUT2D eigenvalue weighted by Gasteiger charge is 2.29. The molecule has 0 radical (unpaired) electrons. The van der Waals surface area contributed by atoms with E-state index in [1.54, 1.807) is 24.1 Å². The molecule has 134 valence electrons.